The highest BCUT2D eigenvalue weighted by atomic mass is 19.4. The minimum absolute atomic E-state index is 0.0386. The molecule has 3 N–H and O–H groups in total. The first-order valence-electron chi connectivity index (χ1n) is 11.3. The van der Waals surface area contributed by atoms with Crippen LogP contribution in [0.5, 0.6) is 0 Å². The maximum atomic E-state index is 13.1. The summed E-state index contributed by atoms with van der Waals surface area (Å²) in [5.41, 5.74) is -3.56. The maximum Gasteiger partial charge on any atom is 0.416 e. The minimum atomic E-state index is -5.11. The Morgan fingerprint density at radius 3 is 2.05 bits per heavy atom. The maximum absolute atomic E-state index is 13.1. The van der Waals surface area contributed by atoms with Crippen LogP contribution in [-0.2, 0) is 40.1 Å². The van der Waals surface area contributed by atoms with Gasteiger partial charge in [-0.15, -0.1) is 0 Å². The van der Waals surface area contributed by atoms with Crippen LogP contribution >= 0.6 is 0 Å². The Morgan fingerprint density at radius 2 is 1.61 bits per heavy atom. The number of alkyl halides is 6. The van der Waals surface area contributed by atoms with Crippen molar-refractivity contribution in [2.75, 3.05) is 12.4 Å². The molecule has 0 saturated heterocycles. The number of nitrogens with one attached hydrogen (secondary N) is 3. The lowest BCUT2D eigenvalue weighted by Gasteiger charge is -2.26. The Labute approximate surface area is 213 Å². The van der Waals surface area contributed by atoms with E-state index in [9.17, 15) is 40.7 Å². The van der Waals surface area contributed by atoms with E-state index in [-0.39, 0.29) is 12.5 Å². The van der Waals surface area contributed by atoms with E-state index in [1.807, 2.05) is 5.32 Å². The predicted molar refractivity (Wildman–Crippen MR) is 123 cm³/mol. The van der Waals surface area contributed by atoms with Crippen LogP contribution in [0.1, 0.15) is 37.1 Å². The van der Waals surface area contributed by atoms with Crippen LogP contribution in [0.2, 0.25) is 0 Å². The molecule has 3 amide bonds. The van der Waals surface area contributed by atoms with Gasteiger partial charge in [0.1, 0.15) is 12.1 Å². The Hall–Kier alpha value is -3.78. The van der Waals surface area contributed by atoms with Crippen molar-refractivity contribution in [1.29, 1.82) is 0 Å². The smallest absolute Gasteiger partial charge is 0.416 e. The van der Waals surface area contributed by atoms with E-state index in [0.29, 0.717) is 24.2 Å². The van der Waals surface area contributed by atoms with Crippen LogP contribution in [0.25, 0.3) is 0 Å². The summed E-state index contributed by atoms with van der Waals surface area (Å²) in [5.74, 6) is -2.15. The molecule has 0 aliphatic carbocycles. The largest absolute Gasteiger partial charge is 0.467 e. The van der Waals surface area contributed by atoms with Crippen molar-refractivity contribution in [1.82, 2.24) is 20.2 Å². The molecular weight excluding hydrogens is 524 g/mol. The standard InChI is InChI=1S/C23H27F6N5O4/c1-5-12(2)18(19(35)32-17(20(36)38-4)9-16-10-34(3)11-30-16)33-21(37)31-15-7-13(22(24,25)26)6-14(8-15)23(27,28)29/h6-8,10-12,17-18H,5,9H2,1-4H3,(H,32,35)(H2,31,33,37)/t12?,17-,18-/m0/s1. The summed E-state index contributed by atoms with van der Waals surface area (Å²) in [6.45, 7) is 3.28. The number of carbonyl (C=O) groups is 3. The van der Waals surface area contributed by atoms with E-state index in [2.05, 4.69) is 15.6 Å². The summed E-state index contributed by atoms with van der Waals surface area (Å²) in [4.78, 5) is 42.0. The molecular formula is C23H27F6N5O4. The zero-order chi connectivity index (χ0) is 28.8. The number of halogens is 6. The van der Waals surface area contributed by atoms with E-state index in [4.69, 9.17) is 4.74 Å². The normalized spacial score (nSPS) is 14.3. The molecule has 1 unspecified atom stereocenters. The third-order valence-corrected chi connectivity index (χ3v) is 5.60. The highest BCUT2D eigenvalue weighted by molar-refractivity contribution is 5.95. The second-order valence-electron chi connectivity index (χ2n) is 8.58. The summed E-state index contributed by atoms with van der Waals surface area (Å²) >= 11 is 0. The molecule has 2 aromatic rings. The van der Waals surface area contributed by atoms with Crippen molar-refractivity contribution < 1.29 is 45.5 Å². The third-order valence-electron chi connectivity index (χ3n) is 5.60. The molecule has 1 aromatic carbocycles. The molecule has 0 aliphatic rings. The van der Waals surface area contributed by atoms with Gasteiger partial charge in [0.25, 0.3) is 0 Å². The Morgan fingerprint density at radius 1 is 1.03 bits per heavy atom. The number of benzene rings is 1. The number of rotatable bonds is 9. The molecule has 0 spiro atoms. The summed E-state index contributed by atoms with van der Waals surface area (Å²) in [5, 5.41) is 6.66. The average Bonchev–Trinajstić information content (AvgIpc) is 3.24. The summed E-state index contributed by atoms with van der Waals surface area (Å²) in [6.07, 6.45) is -6.80. The van der Waals surface area contributed by atoms with E-state index < -0.39 is 65.1 Å². The summed E-state index contributed by atoms with van der Waals surface area (Å²) in [7, 11) is 2.81. The fourth-order valence-corrected chi connectivity index (χ4v) is 3.42. The molecule has 1 heterocycles. The van der Waals surface area contributed by atoms with Crippen molar-refractivity contribution >= 4 is 23.6 Å². The molecule has 9 nitrogen and oxygen atoms in total. The fourth-order valence-electron chi connectivity index (χ4n) is 3.42. The molecule has 0 bridgehead atoms. The monoisotopic (exact) mass is 551 g/mol. The van der Waals surface area contributed by atoms with Gasteiger partial charge in [-0.3, -0.25) is 4.79 Å². The molecule has 210 valence electrons. The van der Waals surface area contributed by atoms with Gasteiger partial charge in [-0.2, -0.15) is 26.3 Å². The quantitative estimate of drug-likeness (QED) is 0.323. The van der Waals surface area contributed by atoms with E-state index in [1.54, 1.807) is 31.7 Å². The molecule has 0 aliphatic heterocycles. The van der Waals surface area contributed by atoms with Gasteiger partial charge in [0.2, 0.25) is 5.91 Å². The SMILES string of the molecule is CCC(C)[C@H](NC(=O)Nc1cc(C(F)(F)F)cc(C(F)(F)F)c1)C(=O)N[C@@H](Cc1cn(C)cn1)C(=O)OC. The minimum Gasteiger partial charge on any atom is -0.467 e. The summed E-state index contributed by atoms with van der Waals surface area (Å²) in [6, 6.07) is -3.11. The number of carbonyl (C=O) groups excluding carboxylic acids is 3. The van der Waals surface area contributed by atoms with Crippen LogP contribution in [0.4, 0.5) is 36.8 Å². The predicted octanol–water partition coefficient (Wildman–Crippen LogP) is 3.89. The van der Waals surface area contributed by atoms with Crippen LogP contribution in [0.3, 0.4) is 0 Å². The van der Waals surface area contributed by atoms with Gasteiger partial charge in [0, 0.05) is 25.4 Å². The molecule has 0 fully saturated rings. The molecule has 15 heteroatoms. The number of hydrogen-bond donors (Lipinski definition) is 3. The first kappa shape index (κ1) is 30.4. The topological polar surface area (TPSA) is 114 Å². The van der Waals surface area contributed by atoms with Crippen LogP contribution in [0.15, 0.2) is 30.7 Å². The van der Waals surface area contributed by atoms with E-state index >= 15 is 0 Å². The Bertz CT molecular complexity index is 1120. The van der Waals surface area contributed by atoms with Gasteiger partial charge in [-0.1, -0.05) is 20.3 Å². The highest BCUT2D eigenvalue weighted by Gasteiger charge is 2.37. The fraction of sp³-hybridized carbons (Fsp3) is 0.478. The van der Waals surface area contributed by atoms with E-state index in [0.717, 1.165) is 7.11 Å². The van der Waals surface area contributed by atoms with Crippen molar-refractivity contribution in [2.24, 2.45) is 13.0 Å². The number of amides is 3. The molecule has 0 saturated carbocycles. The van der Waals surface area contributed by atoms with Gasteiger partial charge in [0.15, 0.2) is 0 Å². The Kier molecular flexibility index (Phi) is 9.75. The number of aromatic nitrogens is 2. The number of esters is 1. The lowest BCUT2D eigenvalue weighted by Crippen LogP contribution is -2.55. The summed E-state index contributed by atoms with van der Waals surface area (Å²) < 4.78 is 85.1. The van der Waals surface area contributed by atoms with Crippen LogP contribution < -0.4 is 16.0 Å². The first-order chi connectivity index (χ1) is 17.5. The van der Waals surface area contributed by atoms with Crippen molar-refractivity contribution in [3.8, 4) is 0 Å². The Balaban J connectivity index is 2.24. The van der Waals surface area contributed by atoms with Crippen molar-refractivity contribution in [2.45, 2.75) is 51.1 Å². The highest BCUT2D eigenvalue weighted by Crippen LogP contribution is 2.37. The van der Waals surface area contributed by atoms with Crippen LogP contribution in [-0.4, -0.2) is 46.7 Å². The number of imidazole rings is 1. The van der Waals surface area contributed by atoms with Crippen molar-refractivity contribution in [3.63, 3.8) is 0 Å². The number of anilines is 1. The second-order valence-corrected chi connectivity index (χ2v) is 8.58. The lowest BCUT2D eigenvalue weighted by molar-refractivity contribution is -0.145. The number of methoxy groups -OCH3 is 1. The van der Waals surface area contributed by atoms with E-state index in [1.165, 1.54) is 6.33 Å². The first-order valence-corrected chi connectivity index (χ1v) is 11.3. The number of ether oxygens (including phenoxy) is 1. The van der Waals surface area contributed by atoms with Gasteiger partial charge < -0.3 is 25.3 Å². The number of hydrogen-bond acceptors (Lipinski definition) is 5. The van der Waals surface area contributed by atoms with Gasteiger partial charge in [0.05, 0.1) is 30.3 Å². The van der Waals surface area contributed by atoms with Gasteiger partial charge in [-0.05, 0) is 24.1 Å². The number of urea groups is 1. The average molecular weight is 551 g/mol. The molecule has 3 atom stereocenters. The molecule has 1 aromatic heterocycles. The lowest BCUT2D eigenvalue weighted by atomic mass is 9.98. The molecule has 0 radical (unpaired) electrons. The second kappa shape index (κ2) is 12.2. The number of aryl methyl sites for hydroxylation is 1. The molecule has 38 heavy (non-hydrogen) atoms. The van der Waals surface area contributed by atoms with Gasteiger partial charge >= 0.3 is 24.4 Å². The number of nitrogens with zero attached hydrogens (tertiary/aromatic N) is 2. The molecule has 2 rings (SSSR count). The third kappa shape index (κ3) is 8.38. The zero-order valence-corrected chi connectivity index (χ0v) is 20.8. The van der Waals surface area contributed by atoms with Gasteiger partial charge in [-0.25, -0.2) is 14.6 Å². The zero-order valence-electron chi connectivity index (χ0n) is 20.8. The van der Waals surface area contributed by atoms with Crippen molar-refractivity contribution in [3.05, 3.63) is 47.5 Å². The van der Waals surface area contributed by atoms with Crippen LogP contribution in [0, 0.1) is 5.92 Å².